The number of esters is 1. The Bertz CT molecular complexity index is 723. The fourth-order valence-corrected chi connectivity index (χ4v) is 5.10. The monoisotopic (exact) mass is 444 g/mol. The number of fused-ring (bicyclic) bond motifs is 1. The minimum atomic E-state index is -0.277. The Labute approximate surface area is 197 Å². The second-order valence-electron chi connectivity index (χ2n) is 11.2. The highest BCUT2D eigenvalue weighted by molar-refractivity contribution is 5.69. The maximum Gasteiger partial charge on any atom is 0.308 e. The van der Waals surface area contributed by atoms with Gasteiger partial charge in [0.25, 0.3) is 0 Å². The van der Waals surface area contributed by atoms with Gasteiger partial charge in [-0.3, -0.25) is 4.79 Å². The van der Waals surface area contributed by atoms with Crippen molar-refractivity contribution in [3.05, 3.63) is 28.8 Å². The number of hydrogen-bond acceptors (Lipinski definition) is 3. The third kappa shape index (κ3) is 9.25. The summed E-state index contributed by atoms with van der Waals surface area (Å²) in [7, 11) is 0. The topological polar surface area (TPSA) is 35.5 Å². The number of benzene rings is 1. The van der Waals surface area contributed by atoms with Gasteiger partial charge in [0.15, 0.2) is 0 Å². The van der Waals surface area contributed by atoms with Crippen LogP contribution in [0.1, 0.15) is 116 Å². The van der Waals surface area contributed by atoms with Crippen molar-refractivity contribution in [3.8, 4) is 5.75 Å². The molecule has 0 radical (unpaired) electrons. The molecule has 0 saturated heterocycles. The molecule has 0 saturated carbocycles. The van der Waals surface area contributed by atoms with E-state index in [-0.39, 0.29) is 11.6 Å². The van der Waals surface area contributed by atoms with Gasteiger partial charge in [-0.15, -0.1) is 0 Å². The molecule has 1 aromatic carbocycles. The molecule has 0 fully saturated rings. The predicted octanol–water partition coefficient (Wildman–Crippen LogP) is 8.19. The first-order chi connectivity index (χ1) is 15.1. The van der Waals surface area contributed by atoms with Crippen molar-refractivity contribution in [2.24, 2.45) is 17.8 Å². The first-order valence-electron chi connectivity index (χ1n) is 13.0. The van der Waals surface area contributed by atoms with Crippen molar-refractivity contribution in [1.82, 2.24) is 0 Å². The van der Waals surface area contributed by atoms with Crippen LogP contribution in [0.2, 0.25) is 0 Å². The lowest BCUT2D eigenvalue weighted by atomic mass is 9.83. The van der Waals surface area contributed by atoms with Crippen molar-refractivity contribution in [2.45, 2.75) is 125 Å². The van der Waals surface area contributed by atoms with Crippen LogP contribution < -0.4 is 4.74 Å². The van der Waals surface area contributed by atoms with Gasteiger partial charge < -0.3 is 9.47 Å². The van der Waals surface area contributed by atoms with Gasteiger partial charge in [0.05, 0.1) is 12.2 Å². The average molecular weight is 445 g/mol. The summed E-state index contributed by atoms with van der Waals surface area (Å²) < 4.78 is 11.6. The fraction of sp³-hybridized carbons (Fsp3) is 0.759. The van der Waals surface area contributed by atoms with Gasteiger partial charge in [0, 0.05) is 13.3 Å². The number of aryl methyl sites for hydroxylation is 1. The van der Waals surface area contributed by atoms with Crippen LogP contribution in [0.5, 0.6) is 5.75 Å². The van der Waals surface area contributed by atoms with Gasteiger partial charge in [-0.1, -0.05) is 79.1 Å². The van der Waals surface area contributed by atoms with Crippen LogP contribution in [-0.2, 0) is 22.6 Å². The van der Waals surface area contributed by atoms with Crippen LogP contribution in [0.3, 0.4) is 0 Å². The van der Waals surface area contributed by atoms with Crippen LogP contribution in [-0.4, -0.2) is 11.6 Å². The Morgan fingerprint density at radius 1 is 1.00 bits per heavy atom. The minimum absolute atomic E-state index is 0.0919. The molecule has 0 amide bonds. The highest BCUT2D eigenvalue weighted by atomic mass is 16.5. The molecule has 0 aromatic heterocycles. The molecule has 1 aliphatic heterocycles. The molecule has 3 heteroatoms. The van der Waals surface area contributed by atoms with Gasteiger partial charge in [0.2, 0.25) is 0 Å². The van der Waals surface area contributed by atoms with Gasteiger partial charge in [0.1, 0.15) is 5.75 Å². The molecule has 3 nitrogen and oxygen atoms in total. The van der Waals surface area contributed by atoms with E-state index in [1.165, 1.54) is 69.4 Å². The first kappa shape index (κ1) is 26.9. The molecule has 2 rings (SSSR count). The third-order valence-corrected chi connectivity index (χ3v) is 7.20. The summed E-state index contributed by atoms with van der Waals surface area (Å²) in [6.45, 7) is 15.9. The largest absolute Gasteiger partial charge is 0.427 e. The number of ether oxygens (including phenoxy) is 2. The summed E-state index contributed by atoms with van der Waals surface area (Å²) in [6, 6.07) is 3.95. The van der Waals surface area contributed by atoms with Crippen LogP contribution in [0.25, 0.3) is 0 Å². The van der Waals surface area contributed by atoms with Crippen LogP contribution in [0.15, 0.2) is 12.1 Å². The molecule has 32 heavy (non-hydrogen) atoms. The number of rotatable bonds is 13. The van der Waals surface area contributed by atoms with Crippen molar-refractivity contribution in [1.29, 1.82) is 0 Å². The molecule has 1 aliphatic rings. The first-order valence-corrected chi connectivity index (χ1v) is 13.0. The van der Waals surface area contributed by atoms with Crippen LogP contribution in [0.4, 0.5) is 0 Å². The Morgan fingerprint density at radius 3 is 2.19 bits per heavy atom. The molecule has 182 valence electrons. The zero-order valence-electron chi connectivity index (χ0n) is 21.9. The highest BCUT2D eigenvalue weighted by Gasteiger charge is 2.32. The maximum atomic E-state index is 11.3. The van der Waals surface area contributed by atoms with Gasteiger partial charge in [-0.2, -0.15) is 0 Å². The lowest BCUT2D eigenvalue weighted by molar-refractivity contribution is -0.131. The summed E-state index contributed by atoms with van der Waals surface area (Å²) in [6.07, 6.45) is 12.8. The lowest BCUT2D eigenvalue weighted by Crippen LogP contribution is -2.36. The van der Waals surface area contributed by atoms with E-state index in [0.29, 0.717) is 12.4 Å². The van der Waals surface area contributed by atoms with Crippen molar-refractivity contribution in [2.75, 3.05) is 0 Å². The Hall–Kier alpha value is -1.35. The summed E-state index contributed by atoms with van der Waals surface area (Å²) in [5.74, 6) is 2.86. The number of carbonyl (C=O) groups is 1. The van der Waals surface area contributed by atoms with E-state index in [9.17, 15) is 4.79 Å². The normalized spacial score (nSPS) is 20.1. The third-order valence-electron chi connectivity index (χ3n) is 7.20. The van der Waals surface area contributed by atoms with E-state index in [1.807, 2.05) is 12.1 Å². The number of carbonyl (C=O) groups excluding carboxylic acids is 1. The van der Waals surface area contributed by atoms with Crippen LogP contribution in [0, 0.1) is 24.7 Å². The highest BCUT2D eigenvalue weighted by Crippen LogP contribution is 2.36. The second-order valence-corrected chi connectivity index (χ2v) is 11.2. The minimum Gasteiger partial charge on any atom is -0.427 e. The SMILES string of the molecule is CC(=O)Oc1cc(C)c2c(c1)CO[C@](C)(CCC[C@H](C)CCC[C@H](C)CCCC(C)C)C2. The van der Waals surface area contributed by atoms with E-state index in [2.05, 4.69) is 41.5 Å². The van der Waals surface area contributed by atoms with Crippen molar-refractivity contribution in [3.63, 3.8) is 0 Å². The maximum absolute atomic E-state index is 11.3. The molecule has 0 bridgehead atoms. The molecular weight excluding hydrogens is 396 g/mol. The lowest BCUT2D eigenvalue weighted by Gasteiger charge is -2.36. The summed E-state index contributed by atoms with van der Waals surface area (Å²) in [4.78, 5) is 11.3. The standard InChI is InChI=1S/C29H48O3/c1-21(2)11-8-12-22(3)13-9-14-23(4)15-10-16-29(7)19-28-24(5)17-27(32-25(6)30)18-26(28)20-31-29/h17-18,21-23H,8-16,19-20H2,1-7H3/t22-,23-,29-/m1/s1. The summed E-state index contributed by atoms with van der Waals surface area (Å²) >= 11 is 0. The van der Waals surface area contributed by atoms with Crippen molar-refractivity contribution >= 4 is 5.97 Å². The van der Waals surface area contributed by atoms with Crippen molar-refractivity contribution < 1.29 is 14.3 Å². The zero-order valence-corrected chi connectivity index (χ0v) is 21.9. The Balaban J connectivity index is 1.71. The van der Waals surface area contributed by atoms with Crippen LogP contribution >= 0.6 is 0 Å². The quantitative estimate of drug-likeness (QED) is 0.227. The Morgan fingerprint density at radius 2 is 1.59 bits per heavy atom. The summed E-state index contributed by atoms with van der Waals surface area (Å²) in [5.41, 5.74) is 3.64. The van der Waals surface area contributed by atoms with E-state index < -0.39 is 0 Å². The van der Waals surface area contributed by atoms with E-state index in [4.69, 9.17) is 9.47 Å². The molecule has 3 atom stereocenters. The smallest absolute Gasteiger partial charge is 0.308 e. The molecule has 0 spiro atoms. The fourth-order valence-electron chi connectivity index (χ4n) is 5.10. The molecule has 0 unspecified atom stereocenters. The predicted molar refractivity (Wildman–Crippen MR) is 134 cm³/mol. The number of hydrogen-bond donors (Lipinski definition) is 0. The zero-order chi connectivity index (χ0) is 23.7. The molecule has 1 aromatic rings. The Kier molecular flexibility index (Phi) is 10.7. The molecular formula is C29H48O3. The molecule has 1 heterocycles. The van der Waals surface area contributed by atoms with Gasteiger partial charge in [-0.25, -0.2) is 0 Å². The van der Waals surface area contributed by atoms with E-state index >= 15 is 0 Å². The molecule has 0 N–H and O–H groups in total. The van der Waals surface area contributed by atoms with Gasteiger partial charge >= 0.3 is 5.97 Å². The molecule has 0 aliphatic carbocycles. The second kappa shape index (κ2) is 12.8. The van der Waals surface area contributed by atoms with E-state index in [0.717, 1.165) is 36.2 Å². The summed E-state index contributed by atoms with van der Waals surface area (Å²) in [5, 5.41) is 0. The average Bonchev–Trinajstić information content (AvgIpc) is 2.68. The van der Waals surface area contributed by atoms with Gasteiger partial charge in [-0.05, 0) is 66.8 Å². The van der Waals surface area contributed by atoms with E-state index in [1.54, 1.807) is 0 Å².